The van der Waals surface area contributed by atoms with Gasteiger partial charge in [0.25, 0.3) is 0 Å². The Bertz CT molecular complexity index is 966. The molecule has 0 bridgehead atoms. The standard InChI is InChI=1S/C66H129NO6/c1-4-7-10-13-16-19-22-25-28-31-34-37-40-43-46-49-52-55-64(68)71-61-58-67(59-62-72-65(69)56-53-50-47-44-41-38-35-32-29-26-23-20-17-14-11-8-5-2)60-63-73-66(70)57-54-51-48-45-42-39-36-33-30-27-24-21-18-15-12-9-6-3/h4-63H2,1-3H3. The van der Waals surface area contributed by atoms with Crippen molar-refractivity contribution in [1.29, 1.82) is 0 Å². The largest absolute Gasteiger partial charge is 0.464 e. The molecular weight excluding hydrogens is 903 g/mol. The first-order valence-electron chi connectivity index (χ1n) is 33.2. The Labute approximate surface area is 456 Å². The quantitative estimate of drug-likeness (QED) is 0.0341. The summed E-state index contributed by atoms with van der Waals surface area (Å²) < 4.78 is 16.9. The van der Waals surface area contributed by atoms with Crippen molar-refractivity contribution in [3.05, 3.63) is 0 Å². The molecule has 0 aliphatic heterocycles. The Hall–Kier alpha value is -1.63. The summed E-state index contributed by atoms with van der Waals surface area (Å²) >= 11 is 0. The summed E-state index contributed by atoms with van der Waals surface area (Å²) in [6.45, 7) is 9.31. The van der Waals surface area contributed by atoms with Gasteiger partial charge in [-0.1, -0.05) is 329 Å². The minimum atomic E-state index is -0.137. The van der Waals surface area contributed by atoms with E-state index in [1.54, 1.807) is 0 Å². The summed E-state index contributed by atoms with van der Waals surface area (Å²) in [6, 6.07) is 0. The number of hydrogen-bond donors (Lipinski definition) is 0. The van der Waals surface area contributed by atoms with E-state index in [1.807, 2.05) is 0 Å². The molecule has 0 atom stereocenters. The molecule has 0 saturated heterocycles. The third-order valence-electron chi connectivity index (χ3n) is 15.5. The maximum Gasteiger partial charge on any atom is 0.305 e. The van der Waals surface area contributed by atoms with Gasteiger partial charge in [-0.25, -0.2) is 0 Å². The van der Waals surface area contributed by atoms with E-state index in [9.17, 15) is 14.4 Å². The normalized spacial score (nSPS) is 11.5. The van der Waals surface area contributed by atoms with E-state index in [0.717, 1.165) is 38.5 Å². The second-order valence-electron chi connectivity index (χ2n) is 22.7. The summed E-state index contributed by atoms with van der Waals surface area (Å²) in [5.41, 5.74) is 0. The second kappa shape index (κ2) is 62.9. The molecule has 434 valence electrons. The van der Waals surface area contributed by atoms with E-state index in [4.69, 9.17) is 14.2 Å². The Kier molecular flexibility index (Phi) is 61.5. The van der Waals surface area contributed by atoms with Gasteiger partial charge in [0.15, 0.2) is 0 Å². The first kappa shape index (κ1) is 71.4. The number of hydrogen-bond acceptors (Lipinski definition) is 7. The molecule has 7 heteroatoms. The average Bonchev–Trinajstić information content (AvgIpc) is 3.38. The van der Waals surface area contributed by atoms with E-state index in [1.165, 1.54) is 289 Å². The molecule has 0 fully saturated rings. The highest BCUT2D eigenvalue weighted by Crippen LogP contribution is 2.18. The number of esters is 3. The molecule has 0 unspecified atom stereocenters. The van der Waals surface area contributed by atoms with Crippen LogP contribution in [0.1, 0.15) is 367 Å². The molecule has 7 nitrogen and oxygen atoms in total. The lowest BCUT2D eigenvalue weighted by atomic mass is 10.0. The first-order valence-corrected chi connectivity index (χ1v) is 33.2. The predicted molar refractivity (Wildman–Crippen MR) is 316 cm³/mol. The Morgan fingerprint density at radius 3 is 0.507 bits per heavy atom. The summed E-state index contributed by atoms with van der Waals surface area (Å²) in [7, 11) is 0. The number of nitrogens with zero attached hydrogens (tertiary/aromatic N) is 1. The average molecular weight is 1030 g/mol. The topological polar surface area (TPSA) is 82.1 Å². The summed E-state index contributed by atoms with van der Waals surface area (Å²) in [6.07, 6.45) is 68.8. The van der Waals surface area contributed by atoms with Gasteiger partial charge in [-0.05, 0) is 19.3 Å². The SMILES string of the molecule is CCCCCCCCCCCCCCCCCCCC(=O)OCCN(CCOC(=O)CCCCCCCCCCCCCCCCCCC)CCOC(=O)CCCCCCCCCCCCCCCCCCC. The maximum absolute atomic E-state index is 12.6. The number of carbonyl (C=O) groups excluding carboxylic acids is 3. The number of ether oxygens (including phenoxy) is 3. The van der Waals surface area contributed by atoms with Gasteiger partial charge in [-0.2, -0.15) is 0 Å². The molecule has 0 aliphatic rings. The smallest absolute Gasteiger partial charge is 0.305 e. The Balaban J connectivity index is 4.26. The van der Waals surface area contributed by atoms with Crippen molar-refractivity contribution >= 4 is 17.9 Å². The number of carbonyl (C=O) groups is 3. The zero-order valence-corrected chi connectivity index (χ0v) is 49.8. The third-order valence-corrected chi connectivity index (χ3v) is 15.5. The zero-order valence-electron chi connectivity index (χ0n) is 49.8. The van der Waals surface area contributed by atoms with Crippen LogP contribution in [0, 0.1) is 0 Å². The fourth-order valence-corrected chi connectivity index (χ4v) is 10.4. The van der Waals surface area contributed by atoms with E-state index in [2.05, 4.69) is 25.7 Å². The highest BCUT2D eigenvalue weighted by atomic mass is 16.5. The van der Waals surface area contributed by atoms with Crippen molar-refractivity contribution < 1.29 is 28.6 Å². The fraction of sp³-hybridized carbons (Fsp3) is 0.955. The molecule has 0 saturated carbocycles. The maximum atomic E-state index is 12.6. The van der Waals surface area contributed by atoms with Gasteiger partial charge in [0, 0.05) is 38.9 Å². The summed E-state index contributed by atoms with van der Waals surface area (Å²) in [5.74, 6) is -0.411. The molecule has 0 aromatic carbocycles. The molecule has 0 rings (SSSR count). The van der Waals surface area contributed by atoms with Gasteiger partial charge in [0.05, 0.1) is 0 Å². The van der Waals surface area contributed by atoms with Crippen molar-refractivity contribution in [3.8, 4) is 0 Å². The molecule has 0 spiro atoms. The van der Waals surface area contributed by atoms with Crippen LogP contribution in [0.3, 0.4) is 0 Å². The third kappa shape index (κ3) is 61.1. The van der Waals surface area contributed by atoms with Crippen LogP contribution in [0.15, 0.2) is 0 Å². The second-order valence-corrected chi connectivity index (χ2v) is 22.7. The monoisotopic (exact) mass is 1030 g/mol. The van der Waals surface area contributed by atoms with Crippen LogP contribution in [-0.2, 0) is 28.6 Å². The van der Waals surface area contributed by atoms with Crippen LogP contribution in [-0.4, -0.2) is 62.3 Å². The molecule has 0 radical (unpaired) electrons. The Morgan fingerprint density at radius 2 is 0.356 bits per heavy atom. The molecule has 0 aromatic heterocycles. The molecule has 0 amide bonds. The molecule has 73 heavy (non-hydrogen) atoms. The van der Waals surface area contributed by atoms with Crippen LogP contribution in [0.2, 0.25) is 0 Å². The zero-order chi connectivity index (χ0) is 52.9. The highest BCUT2D eigenvalue weighted by Gasteiger charge is 2.12. The molecule has 0 aliphatic carbocycles. The van der Waals surface area contributed by atoms with Gasteiger partial charge in [-0.3, -0.25) is 19.3 Å². The Morgan fingerprint density at radius 1 is 0.219 bits per heavy atom. The van der Waals surface area contributed by atoms with Crippen molar-refractivity contribution in [3.63, 3.8) is 0 Å². The van der Waals surface area contributed by atoms with E-state index in [-0.39, 0.29) is 37.7 Å². The van der Waals surface area contributed by atoms with Gasteiger partial charge in [0.2, 0.25) is 0 Å². The minimum Gasteiger partial charge on any atom is -0.464 e. The van der Waals surface area contributed by atoms with Gasteiger partial charge < -0.3 is 14.2 Å². The number of rotatable bonds is 63. The van der Waals surface area contributed by atoms with Crippen molar-refractivity contribution in [1.82, 2.24) is 4.90 Å². The molecule has 0 aromatic rings. The van der Waals surface area contributed by atoms with Crippen LogP contribution in [0.4, 0.5) is 0 Å². The first-order chi connectivity index (χ1) is 36.0. The summed E-state index contributed by atoms with van der Waals surface area (Å²) in [4.78, 5) is 39.9. The van der Waals surface area contributed by atoms with Crippen LogP contribution in [0.5, 0.6) is 0 Å². The lowest BCUT2D eigenvalue weighted by molar-refractivity contribution is -0.144. The van der Waals surface area contributed by atoms with Gasteiger partial charge in [0.1, 0.15) is 19.8 Å². The minimum absolute atomic E-state index is 0.137. The van der Waals surface area contributed by atoms with Gasteiger partial charge >= 0.3 is 17.9 Å². The van der Waals surface area contributed by atoms with Crippen molar-refractivity contribution in [2.75, 3.05) is 39.5 Å². The molecular formula is C66H129NO6. The number of unbranched alkanes of at least 4 members (excludes halogenated alkanes) is 48. The van der Waals surface area contributed by atoms with E-state index < -0.39 is 0 Å². The lowest BCUT2D eigenvalue weighted by Gasteiger charge is -2.22. The van der Waals surface area contributed by atoms with E-state index >= 15 is 0 Å². The molecule has 0 N–H and O–H groups in total. The van der Waals surface area contributed by atoms with Crippen molar-refractivity contribution in [2.45, 2.75) is 367 Å². The fourth-order valence-electron chi connectivity index (χ4n) is 10.4. The van der Waals surface area contributed by atoms with E-state index in [0.29, 0.717) is 38.9 Å². The van der Waals surface area contributed by atoms with Crippen LogP contribution in [0.25, 0.3) is 0 Å². The highest BCUT2D eigenvalue weighted by molar-refractivity contribution is 5.70. The predicted octanol–water partition coefficient (Wildman–Crippen LogP) is 21.0. The van der Waals surface area contributed by atoms with Crippen molar-refractivity contribution in [2.24, 2.45) is 0 Å². The summed E-state index contributed by atoms with van der Waals surface area (Å²) in [5, 5.41) is 0. The molecule has 0 heterocycles. The lowest BCUT2D eigenvalue weighted by Crippen LogP contribution is -2.35. The van der Waals surface area contributed by atoms with Crippen LogP contribution < -0.4 is 0 Å². The van der Waals surface area contributed by atoms with Gasteiger partial charge in [-0.15, -0.1) is 0 Å². The van der Waals surface area contributed by atoms with Crippen LogP contribution >= 0.6 is 0 Å².